The van der Waals surface area contributed by atoms with Gasteiger partial charge >= 0.3 is 0 Å². The highest BCUT2D eigenvalue weighted by molar-refractivity contribution is 5.91. The first-order valence-corrected chi connectivity index (χ1v) is 30.7. The van der Waals surface area contributed by atoms with Gasteiger partial charge in [-0.15, -0.1) is 0 Å². The van der Waals surface area contributed by atoms with E-state index in [-0.39, 0.29) is 5.41 Å². The molecule has 0 radical (unpaired) electrons. The molecule has 1 nitrogen and oxygen atoms in total. The molecule has 75 heavy (non-hydrogen) atoms. The zero-order chi connectivity index (χ0) is 50.4. The summed E-state index contributed by atoms with van der Waals surface area (Å²) in [4.78, 5) is 2.59. The lowest BCUT2D eigenvalue weighted by molar-refractivity contribution is 0.442. The van der Waals surface area contributed by atoms with Crippen LogP contribution in [0.2, 0.25) is 0 Å². The van der Waals surface area contributed by atoms with Gasteiger partial charge in [0.2, 0.25) is 0 Å². The fourth-order valence-electron chi connectivity index (χ4n) is 15.4. The Morgan fingerprint density at radius 3 is 1.37 bits per heavy atom. The second-order valence-electron chi connectivity index (χ2n) is 24.3. The molecule has 1 atom stereocenters. The third-order valence-electron chi connectivity index (χ3n) is 19.7. The Morgan fingerprint density at radius 1 is 0.333 bits per heavy atom. The van der Waals surface area contributed by atoms with Crippen LogP contribution in [-0.2, 0) is 5.41 Å². The quantitative estimate of drug-likeness (QED) is 0.132. The van der Waals surface area contributed by atoms with Gasteiger partial charge in [0.15, 0.2) is 0 Å². The number of hydrogen-bond acceptors (Lipinski definition) is 1. The average Bonchev–Trinajstić information content (AvgIpc) is 3.73. The monoisotopic (exact) mass is 988 g/mol. The van der Waals surface area contributed by atoms with Crippen LogP contribution in [-0.4, -0.2) is 0 Å². The minimum atomic E-state index is -0.301. The standard InChI is InChI=1S/C74H85N/c1-74(62-45-41-56(42-46-62)54-27-19-11-20-28-54)70-39-25-23-38-66(70)67-50-49-64(53-71(67)74)75(72-40-26-24-37-65(72)57-31-21-12-22-32-57)63-47-43-60(44-48-63)73-68(58-33-15-7-3-8-16-34-58)51-61(55-29-13-5-2-6-14-30-55)52-69(73)59-35-17-9-4-10-18-36-59/h12,21-26,31-32,37-55,58-59H,2-11,13-20,27-30,33-36H2,1H3. The van der Waals surface area contributed by atoms with Crippen molar-refractivity contribution in [2.75, 3.05) is 4.90 Å². The van der Waals surface area contributed by atoms with Crippen molar-refractivity contribution in [1.29, 1.82) is 0 Å². The van der Waals surface area contributed by atoms with Crippen molar-refractivity contribution < 1.29 is 0 Å². The summed E-state index contributed by atoms with van der Waals surface area (Å²) < 4.78 is 0. The Morgan fingerprint density at radius 2 is 0.787 bits per heavy atom. The molecule has 0 aliphatic heterocycles. The summed E-state index contributed by atoms with van der Waals surface area (Å²) in [5.74, 6) is 2.64. The zero-order valence-corrected chi connectivity index (χ0v) is 45.7. The van der Waals surface area contributed by atoms with Crippen LogP contribution in [0.5, 0.6) is 0 Å². The van der Waals surface area contributed by atoms with Crippen LogP contribution in [0, 0.1) is 0 Å². The molecule has 0 aromatic heterocycles. The summed E-state index contributed by atoms with van der Waals surface area (Å²) in [5, 5.41) is 0. The minimum Gasteiger partial charge on any atom is -0.310 e. The number of anilines is 3. The van der Waals surface area contributed by atoms with Gasteiger partial charge < -0.3 is 4.90 Å². The van der Waals surface area contributed by atoms with Gasteiger partial charge in [-0.3, -0.25) is 0 Å². The summed E-state index contributed by atoms with van der Waals surface area (Å²) in [5.41, 5.74) is 22.4. The van der Waals surface area contributed by atoms with Crippen LogP contribution in [0.3, 0.4) is 0 Å². The van der Waals surface area contributed by atoms with Gasteiger partial charge in [0.25, 0.3) is 0 Å². The molecule has 0 bridgehead atoms. The fraction of sp³-hybridized carbons (Fsp3) is 0.432. The average molecular weight is 989 g/mol. The Balaban J connectivity index is 1.01. The summed E-state index contributed by atoms with van der Waals surface area (Å²) >= 11 is 0. The van der Waals surface area contributed by atoms with Crippen molar-refractivity contribution in [1.82, 2.24) is 0 Å². The Hall–Kier alpha value is -5.66. The number of para-hydroxylation sites is 1. The Kier molecular flexibility index (Phi) is 15.6. The largest absolute Gasteiger partial charge is 0.310 e. The summed E-state index contributed by atoms with van der Waals surface area (Å²) in [6, 6.07) is 62.5. The van der Waals surface area contributed by atoms with Crippen molar-refractivity contribution in [3.63, 3.8) is 0 Å². The minimum absolute atomic E-state index is 0.301. The van der Waals surface area contributed by atoms with Crippen molar-refractivity contribution in [3.05, 3.63) is 197 Å². The second-order valence-corrected chi connectivity index (χ2v) is 24.3. The van der Waals surface area contributed by atoms with Gasteiger partial charge in [-0.25, -0.2) is 0 Å². The molecule has 0 spiro atoms. The van der Waals surface area contributed by atoms with E-state index in [4.69, 9.17) is 0 Å². The van der Waals surface area contributed by atoms with Crippen molar-refractivity contribution in [3.8, 4) is 33.4 Å². The first kappa shape index (κ1) is 50.2. The zero-order valence-electron chi connectivity index (χ0n) is 45.7. The molecule has 0 saturated heterocycles. The summed E-state index contributed by atoms with van der Waals surface area (Å²) in [6.45, 7) is 2.50. The van der Waals surface area contributed by atoms with E-state index in [2.05, 4.69) is 170 Å². The highest BCUT2D eigenvalue weighted by Gasteiger charge is 2.41. The predicted molar refractivity (Wildman–Crippen MR) is 320 cm³/mol. The number of nitrogens with zero attached hydrogens (tertiary/aromatic N) is 1. The van der Waals surface area contributed by atoms with Crippen molar-refractivity contribution in [2.24, 2.45) is 0 Å². The summed E-state index contributed by atoms with van der Waals surface area (Å²) in [6.07, 6.45) is 35.6. The second kappa shape index (κ2) is 23.3. The predicted octanol–water partition coefficient (Wildman–Crippen LogP) is 22.4. The maximum absolute atomic E-state index is 2.82. The molecule has 4 saturated carbocycles. The molecule has 4 fully saturated rings. The van der Waals surface area contributed by atoms with E-state index < -0.39 is 0 Å². The van der Waals surface area contributed by atoms with Crippen molar-refractivity contribution in [2.45, 2.75) is 203 Å². The molecule has 12 rings (SSSR count). The first-order valence-electron chi connectivity index (χ1n) is 30.7. The van der Waals surface area contributed by atoms with E-state index in [1.165, 1.54) is 234 Å². The lowest BCUT2D eigenvalue weighted by Crippen LogP contribution is -2.23. The molecule has 386 valence electrons. The van der Waals surface area contributed by atoms with Crippen LogP contribution in [0.25, 0.3) is 33.4 Å². The highest BCUT2D eigenvalue weighted by Crippen LogP contribution is 2.55. The van der Waals surface area contributed by atoms with E-state index in [9.17, 15) is 0 Å². The molecule has 0 heterocycles. The third-order valence-corrected chi connectivity index (χ3v) is 19.7. The fourth-order valence-corrected chi connectivity index (χ4v) is 15.4. The van der Waals surface area contributed by atoms with Gasteiger partial charge in [0.05, 0.1) is 5.69 Å². The SMILES string of the molecule is CC1(c2ccc(C3CCCCC3)cc2)c2ccccc2-c2ccc(N(c3ccc(-c4c(C5CCCCCCC5)cc(C5CCCCCCC5)cc4C4CCCCCCC4)cc3)c3ccccc3-c3ccccc3)cc21. The number of rotatable bonds is 10. The van der Waals surface area contributed by atoms with Gasteiger partial charge in [0, 0.05) is 22.4 Å². The van der Waals surface area contributed by atoms with Gasteiger partial charge in [0.1, 0.15) is 0 Å². The van der Waals surface area contributed by atoms with E-state index in [1.807, 2.05) is 0 Å². The smallest absolute Gasteiger partial charge is 0.0540 e. The summed E-state index contributed by atoms with van der Waals surface area (Å²) in [7, 11) is 0. The number of hydrogen-bond donors (Lipinski definition) is 0. The Bertz CT molecular complexity index is 2920. The maximum Gasteiger partial charge on any atom is 0.0540 e. The molecule has 7 aromatic carbocycles. The lowest BCUT2D eigenvalue weighted by atomic mass is 9.73. The van der Waals surface area contributed by atoms with E-state index in [0.717, 1.165) is 0 Å². The number of fused-ring (bicyclic) bond motifs is 3. The van der Waals surface area contributed by atoms with Crippen LogP contribution >= 0.6 is 0 Å². The molecule has 1 unspecified atom stereocenters. The van der Waals surface area contributed by atoms with Crippen LogP contribution < -0.4 is 4.90 Å². The van der Waals surface area contributed by atoms with Crippen LogP contribution in [0.1, 0.15) is 236 Å². The molecule has 0 N–H and O–H groups in total. The molecular weight excluding hydrogens is 903 g/mol. The van der Waals surface area contributed by atoms with Gasteiger partial charge in [-0.2, -0.15) is 0 Å². The molecule has 5 aliphatic carbocycles. The van der Waals surface area contributed by atoms with E-state index >= 15 is 0 Å². The molecule has 5 aliphatic rings. The van der Waals surface area contributed by atoms with E-state index in [0.29, 0.717) is 23.7 Å². The van der Waals surface area contributed by atoms with E-state index in [1.54, 1.807) is 22.3 Å². The van der Waals surface area contributed by atoms with Gasteiger partial charge in [-0.1, -0.05) is 243 Å². The van der Waals surface area contributed by atoms with Gasteiger partial charge in [-0.05, 0) is 179 Å². The molecule has 0 amide bonds. The topological polar surface area (TPSA) is 3.24 Å². The number of benzene rings is 7. The Labute approximate surface area is 452 Å². The first-order chi connectivity index (χ1) is 37.1. The molecular formula is C74H85N. The molecule has 7 aromatic rings. The lowest BCUT2D eigenvalue weighted by Gasteiger charge is -2.33. The highest BCUT2D eigenvalue weighted by atomic mass is 15.1. The van der Waals surface area contributed by atoms with Crippen LogP contribution in [0.15, 0.2) is 158 Å². The van der Waals surface area contributed by atoms with Crippen molar-refractivity contribution >= 4 is 17.1 Å². The maximum atomic E-state index is 2.82. The molecule has 1 heteroatoms. The third kappa shape index (κ3) is 10.5. The van der Waals surface area contributed by atoms with Crippen LogP contribution in [0.4, 0.5) is 17.1 Å². The normalized spacial score (nSPS) is 20.7.